The lowest BCUT2D eigenvalue weighted by atomic mass is 10.1. The first-order valence-electron chi connectivity index (χ1n) is 5.35. The van der Waals surface area contributed by atoms with E-state index in [1.165, 1.54) is 16.8 Å². The van der Waals surface area contributed by atoms with Crippen LogP contribution in [-0.2, 0) is 4.74 Å². The second kappa shape index (κ2) is 6.29. The van der Waals surface area contributed by atoms with E-state index in [9.17, 15) is 4.79 Å². The normalized spacial score (nSPS) is 22.5. The third-order valence-electron chi connectivity index (χ3n) is 2.54. The topological polar surface area (TPSA) is 111 Å². The zero-order valence-corrected chi connectivity index (χ0v) is 10.1. The second-order valence-electron chi connectivity index (χ2n) is 3.67. The Morgan fingerprint density at radius 3 is 2.83 bits per heavy atom. The lowest BCUT2D eigenvalue weighted by Crippen LogP contribution is -2.27. The van der Waals surface area contributed by atoms with Crippen molar-refractivity contribution in [2.24, 2.45) is 0 Å². The molecule has 1 aliphatic rings. The average molecular weight is 255 g/mol. The van der Waals surface area contributed by atoms with Crippen LogP contribution in [-0.4, -0.2) is 39.6 Å². The van der Waals surface area contributed by atoms with Crippen molar-refractivity contribution in [3.05, 3.63) is 34.9 Å². The van der Waals surface area contributed by atoms with Crippen molar-refractivity contribution in [1.29, 1.82) is 0 Å². The van der Waals surface area contributed by atoms with Crippen molar-refractivity contribution < 1.29 is 14.9 Å². The number of aliphatic hydroxyl groups excluding tert-OH is 2. The molecular weight excluding hydrogens is 238 g/mol. The molecule has 0 spiro atoms. The van der Waals surface area contributed by atoms with Crippen LogP contribution < -0.4 is 11.4 Å². The minimum atomic E-state index is -0.462. The van der Waals surface area contributed by atoms with Gasteiger partial charge in [0.25, 0.3) is 0 Å². The highest BCUT2D eigenvalue weighted by Crippen LogP contribution is 2.30. The van der Waals surface area contributed by atoms with Crippen LogP contribution in [0.3, 0.4) is 0 Å². The lowest BCUT2D eigenvalue weighted by molar-refractivity contribution is -0.0187. The molecule has 0 saturated carbocycles. The van der Waals surface area contributed by atoms with Gasteiger partial charge in [0.05, 0.1) is 6.61 Å². The second-order valence-corrected chi connectivity index (χ2v) is 3.67. The molecule has 0 aliphatic carbocycles. The highest BCUT2D eigenvalue weighted by atomic mass is 16.5. The third-order valence-corrected chi connectivity index (χ3v) is 2.54. The number of hydrogen-bond donors (Lipinski definition) is 3. The van der Waals surface area contributed by atoms with Crippen molar-refractivity contribution in [2.75, 3.05) is 19.5 Å². The Kier molecular flexibility index (Phi) is 5.02. The predicted molar refractivity (Wildman–Crippen MR) is 65.8 cm³/mol. The van der Waals surface area contributed by atoms with Crippen LogP contribution in [0.1, 0.15) is 12.6 Å². The molecule has 0 bridgehead atoms. The summed E-state index contributed by atoms with van der Waals surface area (Å²) in [7, 11) is 1.00. The fourth-order valence-corrected chi connectivity index (χ4v) is 1.67. The molecule has 4 N–H and O–H groups in total. The van der Waals surface area contributed by atoms with E-state index in [4.69, 9.17) is 20.7 Å². The Morgan fingerprint density at radius 1 is 1.67 bits per heavy atom. The van der Waals surface area contributed by atoms with Gasteiger partial charge in [-0.1, -0.05) is 6.58 Å². The Balaban J connectivity index is 0.000000771. The van der Waals surface area contributed by atoms with Gasteiger partial charge in [-0.05, 0) is 11.6 Å². The number of nitrogens with two attached hydrogens (primary N) is 1. The molecule has 1 saturated heterocycles. The van der Waals surface area contributed by atoms with Crippen LogP contribution in [0.15, 0.2) is 29.2 Å². The summed E-state index contributed by atoms with van der Waals surface area (Å²) in [5.41, 5.74) is 5.70. The van der Waals surface area contributed by atoms with E-state index in [2.05, 4.69) is 11.6 Å². The minimum Gasteiger partial charge on any atom is -0.400 e. The van der Waals surface area contributed by atoms with Gasteiger partial charge in [0.1, 0.15) is 18.1 Å². The van der Waals surface area contributed by atoms with Gasteiger partial charge < -0.3 is 20.7 Å². The van der Waals surface area contributed by atoms with E-state index >= 15 is 0 Å². The Labute approximate surface area is 104 Å². The molecule has 2 atom stereocenters. The maximum absolute atomic E-state index is 11.5. The number of aromatic nitrogens is 2. The van der Waals surface area contributed by atoms with Gasteiger partial charge in [-0.3, -0.25) is 4.57 Å². The van der Waals surface area contributed by atoms with Gasteiger partial charge in [0, 0.05) is 19.7 Å². The molecule has 7 nitrogen and oxygen atoms in total. The average Bonchev–Trinajstić information content (AvgIpc) is 2.73. The van der Waals surface area contributed by atoms with Crippen molar-refractivity contribution in [1.82, 2.24) is 9.55 Å². The van der Waals surface area contributed by atoms with Gasteiger partial charge in [-0.2, -0.15) is 4.98 Å². The van der Waals surface area contributed by atoms with Crippen LogP contribution in [0.25, 0.3) is 0 Å². The maximum atomic E-state index is 11.5. The van der Waals surface area contributed by atoms with Crippen LogP contribution in [0.2, 0.25) is 0 Å². The summed E-state index contributed by atoms with van der Waals surface area (Å²) < 4.78 is 6.81. The molecule has 7 heteroatoms. The molecule has 1 aliphatic heterocycles. The van der Waals surface area contributed by atoms with E-state index in [-0.39, 0.29) is 12.4 Å². The first-order valence-corrected chi connectivity index (χ1v) is 5.35. The highest BCUT2D eigenvalue weighted by molar-refractivity contribution is 5.23. The van der Waals surface area contributed by atoms with Crippen molar-refractivity contribution in [2.45, 2.75) is 18.8 Å². The quantitative estimate of drug-likeness (QED) is 0.601. The van der Waals surface area contributed by atoms with Crippen molar-refractivity contribution in [3.63, 3.8) is 0 Å². The molecule has 1 fully saturated rings. The largest absolute Gasteiger partial charge is 0.400 e. The molecule has 0 amide bonds. The number of anilines is 1. The molecule has 1 aromatic rings. The first-order chi connectivity index (χ1) is 8.61. The highest BCUT2D eigenvalue weighted by Gasteiger charge is 2.29. The van der Waals surface area contributed by atoms with Crippen LogP contribution in [0, 0.1) is 0 Å². The van der Waals surface area contributed by atoms with Gasteiger partial charge in [-0.15, -0.1) is 0 Å². The van der Waals surface area contributed by atoms with E-state index < -0.39 is 18.0 Å². The van der Waals surface area contributed by atoms with Gasteiger partial charge >= 0.3 is 5.69 Å². The molecule has 100 valence electrons. The van der Waals surface area contributed by atoms with Crippen molar-refractivity contribution >= 4 is 5.82 Å². The SMILES string of the molecule is C=C1CC(n2ccc(N)nc2=O)OC1CO.CO. The zero-order chi connectivity index (χ0) is 13.7. The third kappa shape index (κ3) is 2.95. The zero-order valence-electron chi connectivity index (χ0n) is 10.1. The molecule has 0 aromatic carbocycles. The first kappa shape index (κ1) is 14.4. The van der Waals surface area contributed by atoms with Crippen LogP contribution in [0.5, 0.6) is 0 Å². The summed E-state index contributed by atoms with van der Waals surface area (Å²) in [6, 6.07) is 1.53. The number of nitrogen functional groups attached to an aromatic ring is 1. The molecule has 2 unspecified atom stereocenters. The summed E-state index contributed by atoms with van der Waals surface area (Å²) in [4.78, 5) is 15.1. The summed E-state index contributed by atoms with van der Waals surface area (Å²) in [5.74, 6) is 0.178. The monoisotopic (exact) mass is 255 g/mol. The summed E-state index contributed by atoms with van der Waals surface area (Å²) >= 11 is 0. The fraction of sp³-hybridized carbons (Fsp3) is 0.455. The van der Waals surface area contributed by atoms with Crippen LogP contribution in [0.4, 0.5) is 5.82 Å². The number of hydrogen-bond acceptors (Lipinski definition) is 6. The Bertz CT molecular complexity index is 472. The lowest BCUT2D eigenvalue weighted by Gasteiger charge is -2.13. The predicted octanol–water partition coefficient (Wildman–Crippen LogP) is -0.730. The standard InChI is InChI=1S/C10H13N3O3.CH4O/c1-6-4-9(16-7(6)5-14)13-3-2-8(11)12-10(13)15;1-2/h2-3,7,9,14H,1,4-5H2,(H2,11,12,15);2H,1H3. The van der Waals surface area contributed by atoms with E-state index in [0.29, 0.717) is 6.42 Å². The van der Waals surface area contributed by atoms with E-state index in [1.54, 1.807) is 0 Å². The maximum Gasteiger partial charge on any atom is 0.351 e. The number of ether oxygens (including phenoxy) is 1. The molecule has 2 heterocycles. The molecular formula is C11H17N3O4. The smallest absolute Gasteiger partial charge is 0.351 e. The molecule has 1 aromatic heterocycles. The molecule has 18 heavy (non-hydrogen) atoms. The number of nitrogens with zero attached hydrogens (tertiary/aromatic N) is 2. The number of aliphatic hydroxyl groups is 2. The van der Waals surface area contributed by atoms with E-state index in [0.717, 1.165) is 12.7 Å². The summed E-state index contributed by atoms with van der Waals surface area (Å²) in [5, 5.41) is 16.0. The minimum absolute atomic E-state index is 0.132. The van der Waals surface area contributed by atoms with Crippen molar-refractivity contribution in [3.8, 4) is 0 Å². The van der Waals surface area contributed by atoms with Gasteiger partial charge in [0.2, 0.25) is 0 Å². The van der Waals surface area contributed by atoms with Gasteiger partial charge in [0.15, 0.2) is 0 Å². The fourth-order valence-electron chi connectivity index (χ4n) is 1.67. The summed E-state index contributed by atoms with van der Waals surface area (Å²) in [6.45, 7) is 3.65. The van der Waals surface area contributed by atoms with E-state index in [1.807, 2.05) is 0 Å². The Morgan fingerprint density at radius 2 is 2.33 bits per heavy atom. The van der Waals surface area contributed by atoms with Gasteiger partial charge in [-0.25, -0.2) is 4.79 Å². The molecule has 0 radical (unpaired) electrons. The number of rotatable bonds is 2. The molecule has 2 rings (SSSR count). The Hall–Kier alpha value is -1.70. The van der Waals surface area contributed by atoms with Crippen LogP contribution >= 0.6 is 0 Å². The summed E-state index contributed by atoms with van der Waals surface area (Å²) in [6.07, 6.45) is 1.17.